The minimum absolute atomic E-state index is 0.0118. The molecule has 0 spiro atoms. The van der Waals surface area contributed by atoms with Crippen LogP contribution in [0.2, 0.25) is 0 Å². The van der Waals surface area contributed by atoms with E-state index in [1.54, 1.807) is 0 Å². The lowest BCUT2D eigenvalue weighted by Crippen LogP contribution is -2.37. The molecule has 0 saturated carbocycles. The maximum absolute atomic E-state index is 12.8. The summed E-state index contributed by atoms with van der Waals surface area (Å²) in [5.41, 5.74) is 1.82. The van der Waals surface area contributed by atoms with Crippen LogP contribution >= 0.6 is 11.3 Å². The van der Waals surface area contributed by atoms with E-state index in [0.717, 1.165) is 22.4 Å². The summed E-state index contributed by atoms with van der Waals surface area (Å²) >= 11 is 1.51. The van der Waals surface area contributed by atoms with E-state index >= 15 is 0 Å². The van der Waals surface area contributed by atoms with Crippen molar-refractivity contribution in [3.8, 4) is 10.4 Å². The monoisotopic (exact) mass is 355 g/mol. The van der Waals surface area contributed by atoms with Crippen molar-refractivity contribution in [3.63, 3.8) is 0 Å². The normalized spacial score (nSPS) is 12.3. The topological polar surface area (TPSA) is 64.0 Å². The van der Waals surface area contributed by atoms with Crippen molar-refractivity contribution in [2.45, 2.75) is 39.8 Å². The average molecular weight is 355 g/mol. The summed E-state index contributed by atoms with van der Waals surface area (Å²) < 4.78 is 1.38. The number of aromatic nitrogens is 2. The van der Waals surface area contributed by atoms with Gasteiger partial charge in [-0.2, -0.15) is 0 Å². The van der Waals surface area contributed by atoms with Gasteiger partial charge in [-0.15, -0.1) is 11.3 Å². The third kappa shape index (κ3) is 3.49. The van der Waals surface area contributed by atoms with Gasteiger partial charge in [-0.25, -0.2) is 4.98 Å². The third-order valence-corrected chi connectivity index (χ3v) is 5.54. The number of thiophene rings is 1. The van der Waals surface area contributed by atoms with Crippen LogP contribution in [0.1, 0.15) is 25.8 Å². The molecule has 1 aromatic carbocycles. The van der Waals surface area contributed by atoms with E-state index in [2.05, 4.69) is 10.3 Å². The molecular weight excluding hydrogens is 334 g/mol. The van der Waals surface area contributed by atoms with Crippen molar-refractivity contribution >= 4 is 27.5 Å². The molecule has 0 bridgehead atoms. The summed E-state index contributed by atoms with van der Waals surface area (Å²) in [7, 11) is 0. The van der Waals surface area contributed by atoms with E-state index in [-0.39, 0.29) is 24.1 Å². The number of rotatable bonds is 5. The Hall–Kier alpha value is -2.47. The quantitative estimate of drug-likeness (QED) is 0.763. The van der Waals surface area contributed by atoms with Crippen molar-refractivity contribution in [1.82, 2.24) is 14.9 Å². The minimum atomic E-state index is -0.172. The fourth-order valence-electron chi connectivity index (χ4n) is 2.71. The summed E-state index contributed by atoms with van der Waals surface area (Å²) in [6.07, 6.45) is 2.31. The Morgan fingerprint density at radius 3 is 2.72 bits per heavy atom. The van der Waals surface area contributed by atoms with Gasteiger partial charge in [0.2, 0.25) is 5.91 Å². The molecule has 1 N–H and O–H groups in total. The highest BCUT2D eigenvalue weighted by molar-refractivity contribution is 7.22. The maximum atomic E-state index is 12.8. The second kappa shape index (κ2) is 7.19. The summed E-state index contributed by atoms with van der Waals surface area (Å²) in [6.45, 7) is 5.87. The summed E-state index contributed by atoms with van der Waals surface area (Å²) in [6, 6.07) is 10.1. The maximum Gasteiger partial charge on any atom is 0.262 e. The number of hydrogen-bond donors (Lipinski definition) is 1. The fraction of sp³-hybridized carbons (Fsp3) is 0.316. The van der Waals surface area contributed by atoms with Crippen LogP contribution in [-0.4, -0.2) is 21.5 Å². The van der Waals surface area contributed by atoms with Crippen LogP contribution in [0, 0.1) is 6.92 Å². The van der Waals surface area contributed by atoms with Gasteiger partial charge in [-0.1, -0.05) is 37.3 Å². The molecule has 0 aliphatic heterocycles. The number of hydrogen-bond acceptors (Lipinski definition) is 4. The molecule has 0 unspecified atom stereocenters. The van der Waals surface area contributed by atoms with Crippen LogP contribution in [0.25, 0.3) is 20.7 Å². The molecule has 3 aromatic rings. The average Bonchev–Trinajstić information content (AvgIpc) is 2.95. The highest BCUT2D eigenvalue weighted by Gasteiger charge is 2.16. The number of fused-ring (bicyclic) bond motifs is 1. The fourth-order valence-corrected chi connectivity index (χ4v) is 3.86. The largest absolute Gasteiger partial charge is 0.352 e. The SMILES string of the molecule is CC[C@@H](C)NC(=O)Cn1cnc2sc(-c3ccccc3)c(C)c2c1=O. The van der Waals surface area contributed by atoms with Gasteiger partial charge in [0.1, 0.15) is 11.4 Å². The molecule has 0 fully saturated rings. The van der Waals surface area contributed by atoms with Gasteiger partial charge in [0, 0.05) is 10.9 Å². The van der Waals surface area contributed by atoms with Gasteiger partial charge in [-0.05, 0) is 31.4 Å². The van der Waals surface area contributed by atoms with Crippen molar-refractivity contribution in [2.24, 2.45) is 0 Å². The lowest BCUT2D eigenvalue weighted by molar-refractivity contribution is -0.122. The second-order valence-electron chi connectivity index (χ2n) is 6.16. The lowest BCUT2D eigenvalue weighted by atomic mass is 10.1. The van der Waals surface area contributed by atoms with Crippen LogP contribution in [0.15, 0.2) is 41.5 Å². The molecule has 1 atom stereocenters. The predicted molar refractivity (Wildman–Crippen MR) is 102 cm³/mol. The second-order valence-corrected chi connectivity index (χ2v) is 7.16. The first kappa shape index (κ1) is 17.4. The lowest BCUT2D eigenvalue weighted by Gasteiger charge is -2.12. The van der Waals surface area contributed by atoms with E-state index in [4.69, 9.17) is 0 Å². The first-order chi connectivity index (χ1) is 12.0. The molecule has 6 heteroatoms. The van der Waals surface area contributed by atoms with E-state index in [0.29, 0.717) is 10.2 Å². The molecule has 0 aliphatic rings. The van der Waals surface area contributed by atoms with Crippen LogP contribution in [0.3, 0.4) is 0 Å². The van der Waals surface area contributed by atoms with Gasteiger partial charge >= 0.3 is 0 Å². The summed E-state index contributed by atoms with van der Waals surface area (Å²) in [5, 5.41) is 3.47. The van der Waals surface area contributed by atoms with Gasteiger partial charge in [0.25, 0.3) is 5.56 Å². The molecule has 2 aromatic heterocycles. The van der Waals surface area contributed by atoms with Crippen LogP contribution in [-0.2, 0) is 11.3 Å². The zero-order valence-corrected chi connectivity index (χ0v) is 15.4. The van der Waals surface area contributed by atoms with E-state index < -0.39 is 0 Å². The summed E-state index contributed by atoms with van der Waals surface area (Å²) in [4.78, 5) is 31.1. The van der Waals surface area contributed by atoms with Gasteiger partial charge in [0.05, 0.1) is 11.7 Å². The van der Waals surface area contributed by atoms with Crippen molar-refractivity contribution in [2.75, 3.05) is 0 Å². The number of benzene rings is 1. The first-order valence-corrected chi connectivity index (χ1v) is 9.16. The van der Waals surface area contributed by atoms with Gasteiger partial charge in [0.15, 0.2) is 0 Å². The van der Waals surface area contributed by atoms with Gasteiger partial charge in [-0.3, -0.25) is 14.2 Å². The van der Waals surface area contributed by atoms with Crippen molar-refractivity contribution < 1.29 is 4.79 Å². The van der Waals surface area contributed by atoms with Crippen LogP contribution in [0.5, 0.6) is 0 Å². The molecule has 2 heterocycles. The van der Waals surface area contributed by atoms with Crippen LogP contribution < -0.4 is 10.9 Å². The molecule has 1 amide bonds. The number of carbonyl (C=O) groups excluding carboxylic acids is 1. The zero-order chi connectivity index (χ0) is 18.0. The first-order valence-electron chi connectivity index (χ1n) is 8.34. The number of nitrogens with one attached hydrogen (secondary N) is 1. The van der Waals surface area contributed by atoms with E-state index in [9.17, 15) is 9.59 Å². The highest BCUT2D eigenvalue weighted by atomic mass is 32.1. The van der Waals surface area contributed by atoms with Crippen LogP contribution in [0.4, 0.5) is 0 Å². The Morgan fingerprint density at radius 1 is 1.32 bits per heavy atom. The Kier molecular flexibility index (Phi) is 4.99. The molecule has 0 saturated heterocycles. The molecule has 25 heavy (non-hydrogen) atoms. The molecule has 5 nitrogen and oxygen atoms in total. The number of amides is 1. The highest BCUT2D eigenvalue weighted by Crippen LogP contribution is 2.35. The van der Waals surface area contributed by atoms with Crippen molar-refractivity contribution in [1.29, 1.82) is 0 Å². The van der Waals surface area contributed by atoms with Gasteiger partial charge < -0.3 is 5.32 Å². The smallest absolute Gasteiger partial charge is 0.262 e. The number of carbonyl (C=O) groups is 1. The Balaban J connectivity index is 1.99. The minimum Gasteiger partial charge on any atom is -0.352 e. The Labute approximate surface area is 150 Å². The molecule has 0 aliphatic carbocycles. The molecule has 3 rings (SSSR count). The Morgan fingerprint density at radius 2 is 2.04 bits per heavy atom. The Bertz CT molecular complexity index is 960. The van der Waals surface area contributed by atoms with E-state index in [1.165, 1.54) is 22.2 Å². The standard InChI is InChI=1S/C19H21N3O2S/c1-4-12(2)21-15(23)10-22-11-20-18-16(19(22)24)13(3)17(25-18)14-8-6-5-7-9-14/h5-9,11-12H,4,10H2,1-3H3,(H,21,23)/t12-/m1/s1. The van der Waals surface area contributed by atoms with Crippen molar-refractivity contribution in [3.05, 3.63) is 52.6 Å². The summed E-state index contributed by atoms with van der Waals surface area (Å²) in [5.74, 6) is -0.172. The van der Waals surface area contributed by atoms with E-state index in [1.807, 2.05) is 51.1 Å². The number of aryl methyl sites for hydroxylation is 1. The third-order valence-electron chi connectivity index (χ3n) is 4.29. The number of nitrogens with zero attached hydrogens (tertiary/aromatic N) is 2. The zero-order valence-electron chi connectivity index (χ0n) is 14.6. The predicted octanol–water partition coefficient (Wildman–Crippen LogP) is 3.35. The molecule has 130 valence electrons. The molecular formula is C19H21N3O2S. The molecule has 0 radical (unpaired) electrons.